The third kappa shape index (κ3) is 5.27. The highest BCUT2D eigenvalue weighted by molar-refractivity contribution is 7.80. The van der Waals surface area contributed by atoms with Crippen molar-refractivity contribution in [1.29, 1.82) is 0 Å². The van der Waals surface area contributed by atoms with E-state index in [0.29, 0.717) is 5.02 Å². The molecule has 0 saturated heterocycles. The van der Waals surface area contributed by atoms with Crippen molar-refractivity contribution >= 4 is 58.1 Å². The Morgan fingerprint density at radius 2 is 1.77 bits per heavy atom. The van der Waals surface area contributed by atoms with Crippen molar-refractivity contribution < 1.29 is 32.6 Å². The molecule has 0 heterocycles. The van der Waals surface area contributed by atoms with Crippen LogP contribution in [0.2, 0.25) is 10.0 Å². The van der Waals surface area contributed by atoms with Crippen molar-refractivity contribution in [2.75, 3.05) is 12.4 Å². The van der Waals surface area contributed by atoms with Crippen LogP contribution in [-0.4, -0.2) is 35.4 Å². The summed E-state index contributed by atoms with van der Waals surface area (Å²) in [5, 5.41) is 15.4. The van der Waals surface area contributed by atoms with Gasteiger partial charge in [0.25, 0.3) is 11.5 Å². The summed E-state index contributed by atoms with van der Waals surface area (Å²) >= 11 is 16.8. The van der Waals surface area contributed by atoms with E-state index in [1.165, 1.54) is 25.1 Å². The van der Waals surface area contributed by atoms with E-state index < -0.39 is 29.2 Å². The van der Waals surface area contributed by atoms with Crippen molar-refractivity contribution in [1.82, 2.24) is 5.32 Å². The molecular weight excluding hydrogens is 480 g/mol. The number of methoxy groups -OCH3 is 1. The number of aliphatic hydroxyl groups is 1. The van der Waals surface area contributed by atoms with Gasteiger partial charge in [0.2, 0.25) is 0 Å². The summed E-state index contributed by atoms with van der Waals surface area (Å²) in [7, 11) is 0.732. The molecule has 2 rings (SSSR count). The Morgan fingerprint density at radius 1 is 1.13 bits per heavy atom. The maximum atomic E-state index is 13.4. The second-order valence-electron chi connectivity index (χ2n) is 6.26. The van der Waals surface area contributed by atoms with Gasteiger partial charge in [-0.15, -0.1) is 0 Å². The number of thiocarbonyl (C=S) groups is 1. The summed E-state index contributed by atoms with van der Waals surface area (Å²) in [6.45, 7) is 1.42. The van der Waals surface area contributed by atoms with Crippen molar-refractivity contribution in [3.05, 3.63) is 63.1 Å². The van der Waals surface area contributed by atoms with Crippen molar-refractivity contribution in [3.63, 3.8) is 0 Å². The van der Waals surface area contributed by atoms with Crippen LogP contribution in [0.1, 0.15) is 21.5 Å². The first kappa shape index (κ1) is 24.9. The first-order valence-electron chi connectivity index (χ1n) is 8.37. The van der Waals surface area contributed by atoms with Gasteiger partial charge in [0.1, 0.15) is 0 Å². The van der Waals surface area contributed by atoms with E-state index in [1.54, 1.807) is 0 Å². The van der Waals surface area contributed by atoms with Crippen LogP contribution < -0.4 is 10.6 Å². The second-order valence-corrected chi connectivity index (χ2v) is 7.51. The summed E-state index contributed by atoms with van der Waals surface area (Å²) in [6.07, 6.45) is -5.32. The molecule has 6 nitrogen and oxygen atoms in total. The fourth-order valence-electron chi connectivity index (χ4n) is 2.57. The molecule has 0 fully saturated rings. The minimum atomic E-state index is -5.32. The number of benzene rings is 2. The SMILES string of the molecule is COC(=O)[C@](O)(c1ccc(NC(=S)NC(=O)c2ccc(Cl)cc2Cl)c(C)c1)C(F)(F)F. The average Bonchev–Trinajstić information content (AvgIpc) is 2.67. The van der Waals surface area contributed by atoms with Gasteiger partial charge in [-0.3, -0.25) is 10.1 Å². The quantitative estimate of drug-likeness (QED) is 0.432. The molecule has 0 aliphatic rings. The average molecular weight is 495 g/mol. The van der Waals surface area contributed by atoms with E-state index in [1.807, 2.05) is 0 Å². The monoisotopic (exact) mass is 494 g/mol. The van der Waals surface area contributed by atoms with E-state index in [-0.39, 0.29) is 26.9 Å². The van der Waals surface area contributed by atoms with Crippen LogP contribution >= 0.6 is 35.4 Å². The van der Waals surface area contributed by atoms with E-state index in [0.717, 1.165) is 25.3 Å². The zero-order valence-corrected chi connectivity index (χ0v) is 18.3. The van der Waals surface area contributed by atoms with E-state index in [4.69, 9.17) is 35.4 Å². The number of carbonyl (C=O) groups is 2. The Labute approximate surface area is 190 Å². The van der Waals surface area contributed by atoms with Crippen LogP contribution in [0.25, 0.3) is 0 Å². The first-order chi connectivity index (χ1) is 14.3. The van der Waals surface area contributed by atoms with Crippen LogP contribution in [0.4, 0.5) is 18.9 Å². The third-order valence-electron chi connectivity index (χ3n) is 4.19. The summed E-state index contributed by atoms with van der Waals surface area (Å²) in [5.74, 6) is -2.51. The molecule has 3 N–H and O–H groups in total. The molecular formula is C19H15Cl2F3N2O4S. The lowest BCUT2D eigenvalue weighted by Gasteiger charge is -2.28. The van der Waals surface area contributed by atoms with Crippen molar-refractivity contribution in [2.45, 2.75) is 18.7 Å². The van der Waals surface area contributed by atoms with E-state index in [9.17, 15) is 27.9 Å². The van der Waals surface area contributed by atoms with Gasteiger partial charge in [0, 0.05) is 16.3 Å². The van der Waals surface area contributed by atoms with Gasteiger partial charge in [-0.1, -0.05) is 35.3 Å². The Hall–Kier alpha value is -2.40. The van der Waals surface area contributed by atoms with Gasteiger partial charge >= 0.3 is 12.1 Å². The topological polar surface area (TPSA) is 87.7 Å². The molecule has 12 heteroatoms. The van der Waals surface area contributed by atoms with Gasteiger partial charge in [-0.2, -0.15) is 13.2 Å². The lowest BCUT2D eigenvalue weighted by Crippen LogP contribution is -2.49. The van der Waals surface area contributed by atoms with Crippen LogP contribution in [0.15, 0.2) is 36.4 Å². The standard InChI is InChI=1S/C19H15Cl2F3N2O4S/c1-9-7-10(18(29,16(28)30-2)19(22,23)24)3-6-14(9)25-17(31)26-15(27)12-5-4-11(20)8-13(12)21/h3-8,29H,1-2H3,(H2,25,26,27,31)/t18-/m1/s1. The van der Waals surface area contributed by atoms with Gasteiger partial charge < -0.3 is 15.2 Å². The molecule has 0 bridgehead atoms. The predicted octanol–water partition coefficient (Wildman–Crippen LogP) is 4.35. The number of alkyl halides is 3. The molecule has 166 valence electrons. The molecule has 0 unspecified atom stereocenters. The maximum Gasteiger partial charge on any atom is 0.432 e. The van der Waals surface area contributed by atoms with Crippen molar-refractivity contribution in [2.24, 2.45) is 0 Å². The summed E-state index contributed by atoms with van der Waals surface area (Å²) < 4.78 is 44.3. The number of ether oxygens (including phenoxy) is 1. The van der Waals surface area contributed by atoms with Gasteiger partial charge in [0.05, 0.1) is 17.7 Å². The molecule has 1 atom stereocenters. The number of amides is 1. The summed E-state index contributed by atoms with van der Waals surface area (Å²) in [4.78, 5) is 24.0. The minimum absolute atomic E-state index is 0.0996. The highest BCUT2D eigenvalue weighted by atomic mass is 35.5. The molecule has 0 aliphatic heterocycles. The molecule has 1 amide bonds. The van der Waals surface area contributed by atoms with E-state index >= 15 is 0 Å². The number of halogens is 5. The lowest BCUT2D eigenvalue weighted by atomic mass is 9.91. The number of hydrogen-bond acceptors (Lipinski definition) is 5. The maximum absolute atomic E-state index is 13.4. The normalized spacial score (nSPS) is 13.2. The molecule has 31 heavy (non-hydrogen) atoms. The van der Waals surface area contributed by atoms with E-state index in [2.05, 4.69) is 15.4 Å². The number of aryl methyl sites for hydroxylation is 1. The zero-order valence-electron chi connectivity index (χ0n) is 15.9. The number of nitrogens with one attached hydrogen (secondary N) is 2. The second kappa shape index (κ2) is 9.39. The first-order valence-corrected chi connectivity index (χ1v) is 9.53. The fourth-order valence-corrected chi connectivity index (χ4v) is 3.27. The molecule has 0 saturated carbocycles. The fraction of sp³-hybridized carbons (Fsp3) is 0.211. The lowest BCUT2D eigenvalue weighted by molar-refractivity contribution is -0.266. The smallest absolute Gasteiger partial charge is 0.432 e. The number of anilines is 1. The largest absolute Gasteiger partial charge is 0.466 e. The number of hydrogen-bond donors (Lipinski definition) is 3. The molecule has 0 aliphatic carbocycles. The number of esters is 1. The number of rotatable bonds is 4. The Kier molecular flexibility index (Phi) is 7.53. The molecule has 2 aromatic carbocycles. The van der Waals surface area contributed by atoms with Gasteiger partial charge in [-0.25, -0.2) is 4.79 Å². The van der Waals surface area contributed by atoms with Gasteiger partial charge in [-0.05, 0) is 49.0 Å². The molecule has 0 spiro atoms. The molecule has 0 radical (unpaired) electrons. The predicted molar refractivity (Wildman–Crippen MR) is 113 cm³/mol. The number of carbonyl (C=O) groups excluding carboxylic acids is 2. The van der Waals surface area contributed by atoms with Crippen LogP contribution in [-0.2, 0) is 15.1 Å². The third-order valence-corrected chi connectivity index (χ3v) is 4.94. The minimum Gasteiger partial charge on any atom is -0.466 e. The van der Waals surface area contributed by atoms with Crippen LogP contribution in [0.3, 0.4) is 0 Å². The Morgan fingerprint density at radius 3 is 2.29 bits per heavy atom. The van der Waals surface area contributed by atoms with Crippen molar-refractivity contribution in [3.8, 4) is 0 Å². The Bertz CT molecular complexity index is 1050. The molecule has 0 aromatic heterocycles. The highest BCUT2D eigenvalue weighted by Gasteiger charge is 2.62. The highest BCUT2D eigenvalue weighted by Crippen LogP contribution is 2.40. The molecule has 2 aromatic rings. The summed E-state index contributed by atoms with van der Waals surface area (Å²) in [5.41, 5.74) is -4.05. The summed E-state index contributed by atoms with van der Waals surface area (Å²) in [6, 6.07) is 7.24. The van der Waals surface area contributed by atoms with Gasteiger partial charge in [0.15, 0.2) is 5.11 Å². The zero-order chi connectivity index (χ0) is 23.6. The van der Waals surface area contributed by atoms with Crippen LogP contribution in [0.5, 0.6) is 0 Å². The van der Waals surface area contributed by atoms with Crippen LogP contribution in [0, 0.1) is 6.92 Å². The Balaban J connectivity index is 2.22.